The van der Waals surface area contributed by atoms with E-state index in [1.807, 2.05) is 60.1 Å². The molecule has 29 heavy (non-hydrogen) atoms. The molecule has 0 radical (unpaired) electrons. The fourth-order valence-electron chi connectivity index (χ4n) is 3.94. The van der Waals surface area contributed by atoms with Crippen molar-refractivity contribution in [3.8, 4) is 17.6 Å². The Balaban J connectivity index is 1.94. The molecule has 3 aliphatic rings. The summed E-state index contributed by atoms with van der Waals surface area (Å²) >= 11 is 0. The van der Waals surface area contributed by atoms with Crippen molar-refractivity contribution in [3.05, 3.63) is 75.4 Å². The lowest BCUT2D eigenvalue weighted by atomic mass is 10.0. The minimum absolute atomic E-state index is 0.100. The molecular formula is C23H18N4O2. The van der Waals surface area contributed by atoms with Crippen LogP contribution in [0.3, 0.4) is 0 Å². The van der Waals surface area contributed by atoms with Crippen molar-refractivity contribution in [2.45, 2.75) is 32.4 Å². The predicted octanol–water partition coefficient (Wildman–Crippen LogP) is 2.11. The number of pyridine rings is 1. The van der Waals surface area contributed by atoms with Crippen molar-refractivity contribution < 1.29 is 9.53 Å². The molecule has 0 fully saturated rings. The molecule has 1 aromatic carbocycles. The zero-order valence-electron chi connectivity index (χ0n) is 16.1. The number of hydrogen-bond acceptors (Lipinski definition) is 4. The van der Waals surface area contributed by atoms with Crippen LogP contribution in [0.25, 0.3) is 6.08 Å². The summed E-state index contributed by atoms with van der Waals surface area (Å²) in [6.07, 6.45) is 10.2. The summed E-state index contributed by atoms with van der Waals surface area (Å²) in [6, 6.07) is 7.96. The van der Waals surface area contributed by atoms with Gasteiger partial charge >= 0.3 is 0 Å². The van der Waals surface area contributed by atoms with Gasteiger partial charge in [0.2, 0.25) is 5.91 Å². The summed E-state index contributed by atoms with van der Waals surface area (Å²) in [5.74, 6) is 0.808. The molecule has 3 heterocycles. The van der Waals surface area contributed by atoms with Gasteiger partial charge in [-0.3, -0.25) is 14.4 Å². The van der Waals surface area contributed by atoms with Crippen molar-refractivity contribution in [2.75, 3.05) is 0 Å². The molecular weight excluding hydrogens is 364 g/mol. The van der Waals surface area contributed by atoms with Gasteiger partial charge in [-0.2, -0.15) is 10.3 Å². The summed E-state index contributed by atoms with van der Waals surface area (Å²) in [7, 11) is 0. The zero-order chi connectivity index (χ0) is 20.1. The number of aryl methyl sites for hydroxylation is 1. The molecule has 1 aliphatic carbocycles. The van der Waals surface area contributed by atoms with E-state index >= 15 is 0 Å². The smallest absolute Gasteiger partial charge is 0.247 e. The average Bonchev–Trinajstić information content (AvgIpc) is 3.12. The summed E-state index contributed by atoms with van der Waals surface area (Å²) in [5.41, 5.74) is 3.24. The molecule has 6 nitrogen and oxygen atoms in total. The SMILES string of the molecule is CCC(=O)N=c1c(C#N)c2c(c3n1C1C=CC=CC1N=3)=Cc1ccc(C)cc1O2. The van der Waals surface area contributed by atoms with Gasteiger partial charge in [-0.15, -0.1) is 0 Å². The highest BCUT2D eigenvalue weighted by atomic mass is 16.5. The number of carbonyl (C=O) groups excluding carboxylic acids is 1. The Morgan fingerprint density at radius 1 is 1.34 bits per heavy atom. The van der Waals surface area contributed by atoms with Gasteiger partial charge in [0.25, 0.3) is 0 Å². The molecule has 5 rings (SSSR count). The summed E-state index contributed by atoms with van der Waals surface area (Å²) < 4.78 is 8.08. The third-order valence-corrected chi connectivity index (χ3v) is 5.37. The van der Waals surface area contributed by atoms with Gasteiger partial charge < -0.3 is 4.74 Å². The highest BCUT2D eigenvalue weighted by Crippen LogP contribution is 2.30. The van der Waals surface area contributed by atoms with Crippen LogP contribution in [0.15, 0.2) is 52.5 Å². The van der Waals surface area contributed by atoms with Gasteiger partial charge in [0.15, 0.2) is 11.2 Å². The maximum absolute atomic E-state index is 12.2. The third kappa shape index (κ3) is 2.59. The van der Waals surface area contributed by atoms with Gasteiger partial charge in [0.05, 0.1) is 17.3 Å². The number of benzene rings is 1. The van der Waals surface area contributed by atoms with Crippen molar-refractivity contribution in [1.82, 2.24) is 4.57 Å². The molecule has 1 amide bonds. The molecule has 2 aromatic rings. The van der Waals surface area contributed by atoms with E-state index in [9.17, 15) is 10.1 Å². The van der Waals surface area contributed by atoms with Gasteiger partial charge in [0.1, 0.15) is 22.9 Å². The quantitative estimate of drug-likeness (QED) is 0.647. The average molecular weight is 382 g/mol. The fraction of sp³-hybridized carbons (Fsp3) is 0.217. The lowest BCUT2D eigenvalue weighted by molar-refractivity contribution is -0.117. The molecule has 0 N–H and O–H groups in total. The number of fused-ring (bicyclic) bond motifs is 6. The van der Waals surface area contributed by atoms with Crippen LogP contribution in [0.2, 0.25) is 0 Å². The number of allylic oxidation sites excluding steroid dienone is 2. The standard InChI is InChI=1S/C23H18N4O2/c1-3-20(28)26-23-16(12-24)21-15(11-14-9-8-13(2)10-19(14)29-21)22-25-17-6-4-5-7-18(17)27(22)23/h4-11,17-18H,3H2,1-2H3. The van der Waals surface area contributed by atoms with Crippen molar-refractivity contribution in [1.29, 1.82) is 5.26 Å². The number of amides is 1. The number of ether oxygens (including phenoxy) is 1. The summed E-state index contributed by atoms with van der Waals surface area (Å²) in [6.45, 7) is 3.74. The third-order valence-electron chi connectivity index (χ3n) is 5.37. The van der Waals surface area contributed by atoms with Crippen molar-refractivity contribution >= 4 is 12.0 Å². The van der Waals surface area contributed by atoms with Crippen molar-refractivity contribution in [2.24, 2.45) is 9.98 Å². The van der Waals surface area contributed by atoms with E-state index in [4.69, 9.17) is 9.73 Å². The molecule has 2 unspecified atom stereocenters. The number of carbonyl (C=O) groups is 1. The predicted molar refractivity (Wildman–Crippen MR) is 107 cm³/mol. The number of hydrogen-bond donors (Lipinski definition) is 0. The second kappa shape index (κ2) is 6.42. The highest BCUT2D eigenvalue weighted by Gasteiger charge is 2.31. The van der Waals surface area contributed by atoms with Crippen LogP contribution in [0.4, 0.5) is 0 Å². The van der Waals surface area contributed by atoms with Crippen LogP contribution in [0, 0.1) is 18.3 Å². The molecule has 0 saturated carbocycles. The van der Waals surface area contributed by atoms with Crippen LogP contribution in [0.1, 0.15) is 36.1 Å². The Morgan fingerprint density at radius 3 is 2.97 bits per heavy atom. The van der Waals surface area contributed by atoms with E-state index in [2.05, 4.69) is 11.1 Å². The summed E-state index contributed by atoms with van der Waals surface area (Å²) in [4.78, 5) is 21.4. The monoisotopic (exact) mass is 382 g/mol. The minimum Gasteiger partial charge on any atom is -0.454 e. The number of aromatic nitrogens is 1. The van der Waals surface area contributed by atoms with Gasteiger partial charge in [-0.05, 0) is 24.6 Å². The molecule has 142 valence electrons. The highest BCUT2D eigenvalue weighted by molar-refractivity contribution is 5.76. The first-order valence-electron chi connectivity index (χ1n) is 9.60. The number of nitrogens with zero attached hydrogens (tertiary/aromatic N) is 4. The largest absolute Gasteiger partial charge is 0.454 e. The van der Waals surface area contributed by atoms with Crippen LogP contribution >= 0.6 is 0 Å². The van der Waals surface area contributed by atoms with E-state index in [-0.39, 0.29) is 30.0 Å². The van der Waals surface area contributed by atoms with E-state index in [1.165, 1.54) is 0 Å². The minimum atomic E-state index is -0.286. The Morgan fingerprint density at radius 2 is 2.17 bits per heavy atom. The first kappa shape index (κ1) is 17.4. The Labute approximate surface area is 167 Å². The van der Waals surface area contributed by atoms with Crippen LogP contribution in [-0.2, 0) is 4.79 Å². The van der Waals surface area contributed by atoms with E-state index in [0.29, 0.717) is 22.5 Å². The van der Waals surface area contributed by atoms with Crippen molar-refractivity contribution in [3.63, 3.8) is 0 Å². The first-order valence-corrected chi connectivity index (χ1v) is 9.60. The first-order chi connectivity index (χ1) is 14.1. The van der Waals surface area contributed by atoms with E-state index in [1.54, 1.807) is 6.92 Å². The van der Waals surface area contributed by atoms with E-state index < -0.39 is 0 Å². The van der Waals surface area contributed by atoms with Gasteiger partial charge in [-0.1, -0.05) is 43.4 Å². The molecule has 2 aliphatic heterocycles. The second-order valence-corrected chi connectivity index (χ2v) is 7.27. The zero-order valence-corrected chi connectivity index (χ0v) is 16.1. The molecule has 6 heteroatoms. The maximum atomic E-state index is 12.2. The summed E-state index contributed by atoms with van der Waals surface area (Å²) in [5, 5.41) is 10.7. The van der Waals surface area contributed by atoms with Gasteiger partial charge in [0, 0.05) is 12.0 Å². The van der Waals surface area contributed by atoms with E-state index in [0.717, 1.165) is 16.3 Å². The fourth-order valence-corrected chi connectivity index (χ4v) is 3.94. The molecule has 0 saturated heterocycles. The molecule has 0 bridgehead atoms. The maximum Gasteiger partial charge on any atom is 0.247 e. The lowest BCUT2D eigenvalue weighted by Crippen LogP contribution is -2.46. The van der Waals surface area contributed by atoms with Crippen LogP contribution in [0.5, 0.6) is 11.5 Å². The normalized spacial score (nSPS) is 20.4. The van der Waals surface area contributed by atoms with Gasteiger partial charge in [-0.25, -0.2) is 0 Å². The Bertz CT molecular complexity index is 1370. The van der Waals surface area contributed by atoms with Crippen LogP contribution < -0.4 is 20.9 Å². The Kier molecular flexibility index (Phi) is 3.85. The molecule has 1 aromatic heterocycles. The van der Waals surface area contributed by atoms with Crippen LogP contribution in [-0.4, -0.2) is 16.5 Å². The Hall–Kier alpha value is -3.72. The number of rotatable bonds is 1. The lowest BCUT2D eigenvalue weighted by Gasteiger charge is -2.21. The topological polar surface area (TPSA) is 79.7 Å². The molecule has 2 atom stereocenters. The second-order valence-electron chi connectivity index (χ2n) is 7.27. The molecule has 0 spiro atoms. The number of nitriles is 1.